The van der Waals surface area contributed by atoms with Crippen LogP contribution in [0, 0.1) is 0 Å². The molecule has 0 saturated carbocycles. The highest BCUT2D eigenvalue weighted by molar-refractivity contribution is 7.13. The van der Waals surface area contributed by atoms with Crippen molar-refractivity contribution in [2.24, 2.45) is 0 Å². The third-order valence-electron chi connectivity index (χ3n) is 4.85. The minimum Gasteiger partial charge on any atom is -0.508 e. The van der Waals surface area contributed by atoms with E-state index < -0.39 is 8.07 Å². The maximum Gasteiger partial charge on any atom is 0.158 e. The second-order valence-corrected chi connectivity index (χ2v) is 11.9. The van der Waals surface area contributed by atoms with Gasteiger partial charge in [-0.1, -0.05) is 99.6 Å². The molecule has 3 aromatic carbocycles. The number of benzene rings is 3. The zero-order valence-electron chi connectivity index (χ0n) is 14.5. The summed E-state index contributed by atoms with van der Waals surface area (Å²) in [5.74, 6) is 0.395. The number of rotatable bonds is 3. The zero-order chi connectivity index (χ0) is 17.2. The molecule has 1 N–H and O–H groups in total. The predicted octanol–water partition coefficient (Wildman–Crippen LogP) is 3.66. The summed E-state index contributed by atoms with van der Waals surface area (Å²) in [7, 11) is -2.42. The topological polar surface area (TPSA) is 20.2 Å². The molecule has 0 heterocycles. The molecule has 0 aliphatic carbocycles. The molecule has 0 radical (unpaired) electrons. The normalized spacial score (nSPS) is 12.1. The van der Waals surface area contributed by atoms with Gasteiger partial charge in [-0.2, -0.15) is 0 Å². The summed E-state index contributed by atoms with van der Waals surface area (Å²) in [5.41, 5.74) is 0. The van der Waals surface area contributed by atoms with Crippen LogP contribution in [0.4, 0.5) is 0 Å². The molecular formula is C22H24OSi. The van der Waals surface area contributed by atoms with Crippen molar-refractivity contribution in [3.8, 4) is 5.75 Å². The van der Waals surface area contributed by atoms with Gasteiger partial charge < -0.3 is 5.11 Å². The van der Waals surface area contributed by atoms with Crippen molar-refractivity contribution in [3.05, 3.63) is 84.9 Å². The van der Waals surface area contributed by atoms with Gasteiger partial charge in [0.25, 0.3) is 0 Å². The van der Waals surface area contributed by atoms with E-state index >= 15 is 0 Å². The molecule has 0 amide bonds. The maximum absolute atomic E-state index is 10.8. The van der Waals surface area contributed by atoms with Gasteiger partial charge in [-0.3, -0.25) is 0 Å². The van der Waals surface area contributed by atoms with E-state index in [1.54, 1.807) is 0 Å². The van der Waals surface area contributed by atoms with Crippen LogP contribution in [0.2, 0.25) is 5.04 Å². The van der Waals surface area contributed by atoms with Gasteiger partial charge in [0.2, 0.25) is 0 Å². The lowest BCUT2D eigenvalue weighted by Crippen LogP contribution is -2.72. The van der Waals surface area contributed by atoms with Crippen molar-refractivity contribution in [1.29, 1.82) is 0 Å². The summed E-state index contributed by atoms with van der Waals surface area (Å²) in [4.78, 5) is 0. The van der Waals surface area contributed by atoms with Gasteiger partial charge in [0, 0.05) is 0 Å². The quantitative estimate of drug-likeness (QED) is 0.573. The smallest absolute Gasteiger partial charge is 0.158 e. The number of phenolic OH excluding ortho intramolecular Hbond substituents is 1. The highest BCUT2D eigenvalue weighted by Gasteiger charge is 2.50. The fourth-order valence-corrected chi connectivity index (χ4v) is 9.61. The number of hydrogen-bond donors (Lipinski definition) is 1. The van der Waals surface area contributed by atoms with Gasteiger partial charge in [-0.15, -0.1) is 0 Å². The fourth-order valence-electron chi connectivity index (χ4n) is 3.91. The third kappa shape index (κ3) is 2.57. The van der Waals surface area contributed by atoms with Crippen molar-refractivity contribution in [3.63, 3.8) is 0 Å². The first kappa shape index (κ1) is 16.5. The highest BCUT2D eigenvalue weighted by atomic mass is 28.3. The number of hydrogen-bond acceptors (Lipinski definition) is 1. The zero-order valence-corrected chi connectivity index (χ0v) is 15.5. The summed E-state index contributed by atoms with van der Waals surface area (Å²) in [6, 6.07) is 29.3. The molecule has 0 fully saturated rings. The minimum absolute atomic E-state index is 0.00542. The van der Waals surface area contributed by atoms with Gasteiger partial charge in [0.15, 0.2) is 8.07 Å². The fraction of sp³-hybridized carbons (Fsp3) is 0.182. The van der Waals surface area contributed by atoms with E-state index in [9.17, 15) is 5.11 Å². The van der Waals surface area contributed by atoms with E-state index in [2.05, 4.69) is 87.5 Å². The van der Waals surface area contributed by atoms with Gasteiger partial charge in [0.05, 0.1) is 0 Å². The average Bonchev–Trinajstić information content (AvgIpc) is 2.58. The van der Waals surface area contributed by atoms with Gasteiger partial charge in [-0.25, -0.2) is 0 Å². The Hall–Kier alpha value is -2.32. The second-order valence-electron chi connectivity index (χ2n) is 7.25. The molecule has 2 heteroatoms. The first-order valence-corrected chi connectivity index (χ1v) is 10.4. The molecule has 3 aromatic rings. The van der Waals surface area contributed by atoms with Crippen LogP contribution < -0.4 is 15.6 Å². The van der Waals surface area contributed by atoms with E-state index in [-0.39, 0.29) is 5.04 Å². The molecule has 0 atom stereocenters. The number of aromatic hydroxyl groups is 1. The monoisotopic (exact) mass is 332 g/mol. The van der Waals surface area contributed by atoms with Gasteiger partial charge >= 0.3 is 0 Å². The molecule has 0 aliphatic rings. The van der Waals surface area contributed by atoms with E-state index in [1.165, 1.54) is 10.4 Å². The summed E-state index contributed by atoms with van der Waals surface area (Å²) >= 11 is 0. The van der Waals surface area contributed by atoms with Crippen molar-refractivity contribution >= 4 is 23.6 Å². The Labute approximate surface area is 145 Å². The van der Waals surface area contributed by atoms with Crippen LogP contribution in [-0.2, 0) is 0 Å². The molecule has 122 valence electrons. The summed E-state index contributed by atoms with van der Waals surface area (Å²) in [6.45, 7) is 6.89. The standard InChI is InChI=1S/C22H24OSi/c1-22(2,3)24(18-12-6-4-7-13-18,19-14-8-5-9-15-19)21-17-11-10-16-20(21)23/h4-17,23H,1-3H3. The van der Waals surface area contributed by atoms with E-state index in [0.717, 1.165) is 5.19 Å². The lowest BCUT2D eigenvalue weighted by Gasteiger charge is -2.44. The first-order valence-electron chi connectivity index (χ1n) is 8.37. The van der Waals surface area contributed by atoms with E-state index in [4.69, 9.17) is 0 Å². The molecule has 0 bridgehead atoms. The summed E-state index contributed by atoms with van der Waals surface area (Å²) in [6.07, 6.45) is 0. The third-order valence-corrected chi connectivity index (χ3v) is 10.7. The largest absolute Gasteiger partial charge is 0.508 e. The van der Waals surface area contributed by atoms with Crippen LogP contribution in [0.15, 0.2) is 84.9 Å². The summed E-state index contributed by atoms with van der Waals surface area (Å²) in [5, 5.41) is 14.5. The molecule has 0 aliphatic heterocycles. The lowest BCUT2D eigenvalue weighted by molar-refractivity contribution is 0.479. The molecule has 1 nitrogen and oxygen atoms in total. The van der Waals surface area contributed by atoms with Crippen molar-refractivity contribution in [2.45, 2.75) is 25.8 Å². The summed E-state index contributed by atoms with van der Waals surface area (Å²) < 4.78 is 0. The Morgan fingerprint density at radius 3 is 1.46 bits per heavy atom. The van der Waals surface area contributed by atoms with Crippen molar-refractivity contribution in [1.82, 2.24) is 0 Å². The Morgan fingerprint density at radius 1 is 0.625 bits per heavy atom. The Bertz CT molecular complexity index is 765. The second kappa shape index (κ2) is 6.29. The average molecular weight is 333 g/mol. The Kier molecular flexibility index (Phi) is 4.33. The SMILES string of the molecule is CC(C)(C)[Si](c1ccccc1)(c1ccccc1)c1ccccc1O. The van der Waals surface area contributed by atoms with Gasteiger partial charge in [-0.05, 0) is 26.7 Å². The predicted molar refractivity (Wildman–Crippen MR) is 105 cm³/mol. The Morgan fingerprint density at radius 2 is 1.04 bits per heavy atom. The number of phenols is 1. The molecule has 24 heavy (non-hydrogen) atoms. The molecule has 3 rings (SSSR count). The van der Waals surface area contributed by atoms with Crippen LogP contribution >= 0.6 is 0 Å². The van der Waals surface area contributed by atoms with Crippen LogP contribution in [0.5, 0.6) is 5.75 Å². The van der Waals surface area contributed by atoms with Crippen molar-refractivity contribution < 1.29 is 5.11 Å². The molecule has 0 saturated heterocycles. The van der Waals surface area contributed by atoms with E-state index in [1.807, 2.05) is 18.2 Å². The number of para-hydroxylation sites is 1. The molecule has 0 aromatic heterocycles. The molecule has 0 spiro atoms. The first-order chi connectivity index (χ1) is 11.5. The molecule has 0 unspecified atom stereocenters. The van der Waals surface area contributed by atoms with Crippen LogP contribution in [0.25, 0.3) is 0 Å². The van der Waals surface area contributed by atoms with Crippen molar-refractivity contribution in [2.75, 3.05) is 0 Å². The van der Waals surface area contributed by atoms with E-state index in [0.29, 0.717) is 5.75 Å². The minimum atomic E-state index is -2.42. The van der Waals surface area contributed by atoms with Crippen LogP contribution in [0.1, 0.15) is 20.8 Å². The lowest BCUT2D eigenvalue weighted by atomic mass is 10.2. The highest BCUT2D eigenvalue weighted by Crippen LogP contribution is 2.37. The van der Waals surface area contributed by atoms with Crippen LogP contribution in [0.3, 0.4) is 0 Å². The Balaban J connectivity index is 2.46. The molecular weight excluding hydrogens is 308 g/mol. The van der Waals surface area contributed by atoms with Crippen LogP contribution in [-0.4, -0.2) is 13.2 Å². The van der Waals surface area contributed by atoms with Gasteiger partial charge in [0.1, 0.15) is 5.75 Å². The maximum atomic E-state index is 10.8.